The summed E-state index contributed by atoms with van der Waals surface area (Å²) in [6, 6.07) is 0. The van der Waals surface area contributed by atoms with E-state index in [-0.39, 0.29) is 18.1 Å². The van der Waals surface area contributed by atoms with Gasteiger partial charge in [0.2, 0.25) is 5.91 Å². The molecule has 17 heavy (non-hydrogen) atoms. The lowest BCUT2D eigenvalue weighted by atomic mass is 10.0. The van der Waals surface area contributed by atoms with E-state index in [9.17, 15) is 4.79 Å². The van der Waals surface area contributed by atoms with Crippen LogP contribution < -0.4 is 5.73 Å². The number of rotatable bonds is 4. The van der Waals surface area contributed by atoms with Gasteiger partial charge in [0.15, 0.2) is 0 Å². The maximum atomic E-state index is 11.6. The predicted octanol–water partition coefficient (Wildman–Crippen LogP) is -0.158. The first-order valence-corrected chi connectivity index (χ1v) is 6.12. The molecule has 0 spiro atoms. The minimum absolute atomic E-state index is 0.0419. The SMILES string of the molecule is COCC(=O)N1CCN(C(C)(C)C(N)=S)CC1. The van der Waals surface area contributed by atoms with E-state index in [1.807, 2.05) is 18.7 Å². The van der Waals surface area contributed by atoms with E-state index in [2.05, 4.69) is 4.90 Å². The van der Waals surface area contributed by atoms with Gasteiger partial charge in [-0.05, 0) is 13.8 Å². The minimum atomic E-state index is -0.286. The Hall–Kier alpha value is -0.720. The van der Waals surface area contributed by atoms with Crippen molar-refractivity contribution in [3.63, 3.8) is 0 Å². The second-order valence-corrected chi connectivity index (χ2v) is 5.16. The third-order valence-corrected chi connectivity index (χ3v) is 3.79. The van der Waals surface area contributed by atoms with Gasteiger partial charge < -0.3 is 15.4 Å². The highest BCUT2D eigenvalue weighted by Gasteiger charge is 2.33. The van der Waals surface area contributed by atoms with E-state index >= 15 is 0 Å². The lowest BCUT2D eigenvalue weighted by Gasteiger charge is -2.43. The number of carbonyl (C=O) groups excluding carboxylic acids is 1. The third-order valence-electron chi connectivity index (χ3n) is 3.29. The molecule has 0 saturated carbocycles. The first-order valence-electron chi connectivity index (χ1n) is 5.71. The molecule has 98 valence electrons. The van der Waals surface area contributed by atoms with Crippen LogP contribution in [0.5, 0.6) is 0 Å². The average Bonchev–Trinajstić information content (AvgIpc) is 2.29. The van der Waals surface area contributed by atoms with Crippen LogP contribution in [0, 0.1) is 0 Å². The molecule has 1 aliphatic heterocycles. The highest BCUT2D eigenvalue weighted by Crippen LogP contribution is 2.17. The fourth-order valence-corrected chi connectivity index (χ4v) is 2.01. The van der Waals surface area contributed by atoms with Gasteiger partial charge in [0.05, 0.1) is 10.5 Å². The Balaban J connectivity index is 2.51. The molecular formula is C11H21N3O2S. The normalized spacial score (nSPS) is 18.2. The van der Waals surface area contributed by atoms with Gasteiger partial charge in [-0.25, -0.2) is 0 Å². The molecule has 0 aromatic rings. The van der Waals surface area contributed by atoms with Crippen molar-refractivity contribution < 1.29 is 9.53 Å². The number of carbonyl (C=O) groups is 1. The lowest BCUT2D eigenvalue weighted by molar-refractivity contribution is -0.137. The van der Waals surface area contributed by atoms with Gasteiger partial charge in [-0.1, -0.05) is 12.2 Å². The second-order valence-electron chi connectivity index (χ2n) is 4.72. The third kappa shape index (κ3) is 3.37. The zero-order valence-electron chi connectivity index (χ0n) is 10.7. The van der Waals surface area contributed by atoms with Gasteiger partial charge in [0, 0.05) is 33.3 Å². The summed E-state index contributed by atoms with van der Waals surface area (Å²) in [5, 5.41) is 0. The number of methoxy groups -OCH3 is 1. The molecule has 0 aliphatic carbocycles. The second kappa shape index (κ2) is 5.75. The number of hydrogen-bond acceptors (Lipinski definition) is 4. The summed E-state index contributed by atoms with van der Waals surface area (Å²) < 4.78 is 4.84. The quantitative estimate of drug-likeness (QED) is 0.711. The van der Waals surface area contributed by atoms with Crippen LogP contribution in [0.3, 0.4) is 0 Å². The monoisotopic (exact) mass is 259 g/mol. The summed E-state index contributed by atoms with van der Waals surface area (Å²) in [6.45, 7) is 7.17. The maximum Gasteiger partial charge on any atom is 0.248 e. The van der Waals surface area contributed by atoms with Gasteiger partial charge in [0.1, 0.15) is 6.61 Å². The van der Waals surface area contributed by atoms with Gasteiger partial charge in [-0.15, -0.1) is 0 Å². The van der Waals surface area contributed by atoms with E-state index in [1.54, 1.807) is 0 Å². The van der Waals surface area contributed by atoms with Crippen LogP contribution in [0.4, 0.5) is 0 Å². The molecule has 0 aromatic heterocycles. The molecular weight excluding hydrogens is 238 g/mol. The summed E-state index contributed by atoms with van der Waals surface area (Å²) in [5.74, 6) is 0.0419. The Bertz CT molecular complexity index is 299. The Kier molecular flexibility index (Phi) is 4.85. The molecule has 0 atom stereocenters. The van der Waals surface area contributed by atoms with Crippen LogP contribution in [0.1, 0.15) is 13.8 Å². The Morgan fingerprint density at radius 3 is 2.29 bits per heavy atom. The zero-order valence-corrected chi connectivity index (χ0v) is 11.5. The van der Waals surface area contributed by atoms with Gasteiger partial charge in [0.25, 0.3) is 0 Å². The fraction of sp³-hybridized carbons (Fsp3) is 0.818. The molecule has 1 rings (SSSR count). The van der Waals surface area contributed by atoms with E-state index in [0.717, 1.165) is 13.1 Å². The lowest BCUT2D eigenvalue weighted by Crippen LogP contribution is -2.60. The van der Waals surface area contributed by atoms with Crippen LogP contribution >= 0.6 is 12.2 Å². The number of thiocarbonyl (C=S) groups is 1. The molecule has 1 aliphatic rings. The van der Waals surface area contributed by atoms with Crippen LogP contribution in [-0.2, 0) is 9.53 Å². The first-order chi connectivity index (χ1) is 7.89. The van der Waals surface area contributed by atoms with Crippen molar-refractivity contribution in [3.8, 4) is 0 Å². The molecule has 0 unspecified atom stereocenters. The van der Waals surface area contributed by atoms with Crippen LogP contribution in [0.15, 0.2) is 0 Å². The van der Waals surface area contributed by atoms with E-state index in [1.165, 1.54) is 7.11 Å². The van der Waals surface area contributed by atoms with Crippen LogP contribution in [-0.4, -0.2) is 66.1 Å². The fourth-order valence-electron chi connectivity index (χ4n) is 1.89. The van der Waals surface area contributed by atoms with Gasteiger partial charge in [-0.3, -0.25) is 9.69 Å². The highest BCUT2D eigenvalue weighted by molar-refractivity contribution is 7.80. The Morgan fingerprint density at radius 1 is 1.35 bits per heavy atom. The van der Waals surface area contributed by atoms with Crippen LogP contribution in [0.2, 0.25) is 0 Å². The molecule has 5 nitrogen and oxygen atoms in total. The Labute approximate surface area is 108 Å². The molecule has 0 radical (unpaired) electrons. The van der Waals surface area contributed by atoms with E-state index in [4.69, 9.17) is 22.7 Å². The van der Waals surface area contributed by atoms with Crippen LogP contribution in [0.25, 0.3) is 0 Å². The number of piperazine rings is 1. The van der Waals surface area contributed by atoms with Crippen molar-refractivity contribution in [2.75, 3.05) is 39.9 Å². The summed E-state index contributed by atoms with van der Waals surface area (Å²) in [6.07, 6.45) is 0. The molecule has 2 N–H and O–H groups in total. The molecule has 0 aromatic carbocycles. The molecule has 1 amide bonds. The summed E-state index contributed by atoms with van der Waals surface area (Å²) in [4.78, 5) is 16.1. The van der Waals surface area contributed by atoms with Crippen molar-refractivity contribution in [3.05, 3.63) is 0 Å². The molecule has 0 bridgehead atoms. The number of nitrogens with zero attached hydrogens (tertiary/aromatic N) is 2. The molecule has 6 heteroatoms. The number of nitrogens with two attached hydrogens (primary N) is 1. The van der Waals surface area contributed by atoms with Crippen molar-refractivity contribution in [2.24, 2.45) is 5.73 Å². The van der Waals surface area contributed by atoms with Crippen molar-refractivity contribution in [2.45, 2.75) is 19.4 Å². The highest BCUT2D eigenvalue weighted by atomic mass is 32.1. The number of ether oxygens (including phenoxy) is 1. The van der Waals surface area contributed by atoms with Crippen molar-refractivity contribution >= 4 is 23.1 Å². The van der Waals surface area contributed by atoms with Gasteiger partial charge in [-0.2, -0.15) is 0 Å². The molecule has 1 fully saturated rings. The van der Waals surface area contributed by atoms with E-state index < -0.39 is 0 Å². The summed E-state index contributed by atoms with van der Waals surface area (Å²) in [7, 11) is 1.53. The van der Waals surface area contributed by atoms with Gasteiger partial charge >= 0.3 is 0 Å². The number of amides is 1. The predicted molar refractivity (Wildman–Crippen MR) is 70.9 cm³/mol. The Morgan fingerprint density at radius 2 is 1.88 bits per heavy atom. The molecule has 1 saturated heterocycles. The van der Waals surface area contributed by atoms with Crippen molar-refractivity contribution in [1.82, 2.24) is 9.80 Å². The largest absolute Gasteiger partial charge is 0.392 e. The smallest absolute Gasteiger partial charge is 0.248 e. The first kappa shape index (κ1) is 14.3. The average molecular weight is 259 g/mol. The maximum absolute atomic E-state index is 11.6. The topological polar surface area (TPSA) is 58.8 Å². The number of hydrogen-bond donors (Lipinski definition) is 1. The standard InChI is InChI=1S/C11H21N3O2S/c1-11(2,10(12)17)14-6-4-13(5-7-14)9(15)8-16-3/h4-8H2,1-3H3,(H2,12,17). The van der Waals surface area contributed by atoms with Crippen molar-refractivity contribution in [1.29, 1.82) is 0 Å². The minimum Gasteiger partial charge on any atom is -0.392 e. The summed E-state index contributed by atoms with van der Waals surface area (Å²) >= 11 is 5.07. The molecule has 1 heterocycles. The zero-order chi connectivity index (χ0) is 13.1. The summed E-state index contributed by atoms with van der Waals surface area (Å²) in [5.41, 5.74) is 5.45. The van der Waals surface area contributed by atoms with E-state index in [0.29, 0.717) is 18.1 Å².